The van der Waals surface area contributed by atoms with Gasteiger partial charge in [-0.2, -0.15) is 0 Å². The highest BCUT2D eigenvalue weighted by atomic mass is 31.2. The number of benzene rings is 3. The summed E-state index contributed by atoms with van der Waals surface area (Å²) in [5, 5.41) is 1.07. The largest absolute Gasteiger partial charge is 0.435 e. The van der Waals surface area contributed by atoms with Gasteiger partial charge in [0.05, 0.1) is 5.30 Å². The van der Waals surface area contributed by atoms with Crippen molar-refractivity contribution in [3.63, 3.8) is 0 Å². The van der Waals surface area contributed by atoms with Crippen molar-refractivity contribution in [2.24, 2.45) is 11.8 Å². The third-order valence-electron chi connectivity index (χ3n) is 6.60. The molecule has 206 valence electrons. The fraction of sp³-hybridized carbons (Fsp3) is 0.486. The van der Waals surface area contributed by atoms with Crippen LogP contribution in [0.15, 0.2) is 60.7 Å². The van der Waals surface area contributed by atoms with Crippen LogP contribution >= 0.6 is 8.38 Å². The van der Waals surface area contributed by atoms with Gasteiger partial charge in [-0.3, -0.25) is 0 Å². The molecule has 3 aromatic carbocycles. The van der Waals surface area contributed by atoms with Gasteiger partial charge >= 0.3 is 8.38 Å². The maximum atomic E-state index is 6.87. The van der Waals surface area contributed by atoms with Gasteiger partial charge in [-0.1, -0.05) is 111 Å². The van der Waals surface area contributed by atoms with E-state index < -0.39 is 8.38 Å². The maximum absolute atomic E-state index is 6.87. The van der Waals surface area contributed by atoms with Gasteiger partial charge in [0.15, 0.2) is 0 Å². The van der Waals surface area contributed by atoms with Crippen molar-refractivity contribution in [1.82, 2.24) is 0 Å². The molecule has 0 saturated heterocycles. The highest BCUT2D eigenvalue weighted by Gasteiger charge is 2.27. The van der Waals surface area contributed by atoms with E-state index in [1.54, 1.807) is 0 Å². The zero-order valence-corrected chi connectivity index (χ0v) is 26.5. The number of aryl methyl sites for hydroxylation is 1. The smallest absolute Gasteiger partial charge is 0.326 e. The third kappa shape index (κ3) is 8.34. The minimum Gasteiger partial charge on any atom is -0.435 e. The zero-order valence-electron chi connectivity index (χ0n) is 25.6. The van der Waals surface area contributed by atoms with Gasteiger partial charge in [-0.05, 0) is 77.8 Å². The molecular weight excluding hydrogens is 483 g/mol. The van der Waals surface area contributed by atoms with Gasteiger partial charge in [0.25, 0.3) is 0 Å². The Morgan fingerprint density at radius 2 is 1.00 bits per heavy atom. The van der Waals surface area contributed by atoms with Gasteiger partial charge in [0, 0.05) is 11.1 Å². The van der Waals surface area contributed by atoms with Crippen LogP contribution in [0.1, 0.15) is 97.1 Å². The van der Waals surface area contributed by atoms with Crippen LogP contribution in [0.3, 0.4) is 0 Å². The zero-order chi connectivity index (χ0) is 28.3. The SMILES string of the molecule is Cc1ccc(P(Oc2ccc(CC(C)C)cc2C(C)(C)C)Oc2ccc(CC(C)C)cc2C(C)(C)C)cc1. The Hall–Kier alpha value is -2.31. The molecule has 3 rings (SSSR count). The molecule has 3 heteroatoms. The van der Waals surface area contributed by atoms with Crippen molar-refractivity contribution >= 4 is 13.7 Å². The molecular formula is C35H49O2P. The molecule has 0 bridgehead atoms. The molecule has 0 spiro atoms. The van der Waals surface area contributed by atoms with E-state index in [0.717, 1.165) is 29.6 Å². The Morgan fingerprint density at radius 1 is 0.605 bits per heavy atom. The highest BCUT2D eigenvalue weighted by Crippen LogP contribution is 2.46. The molecule has 0 amide bonds. The lowest BCUT2D eigenvalue weighted by atomic mass is 9.84. The van der Waals surface area contributed by atoms with Crippen LogP contribution in [0.25, 0.3) is 0 Å². The second-order valence-corrected chi connectivity index (χ2v) is 15.0. The van der Waals surface area contributed by atoms with Crippen LogP contribution in [0.2, 0.25) is 0 Å². The van der Waals surface area contributed by atoms with Crippen LogP contribution in [-0.4, -0.2) is 0 Å². The summed E-state index contributed by atoms with van der Waals surface area (Å²) in [5.74, 6) is 3.03. The molecule has 2 nitrogen and oxygen atoms in total. The lowest BCUT2D eigenvalue weighted by molar-refractivity contribution is 0.468. The van der Waals surface area contributed by atoms with Gasteiger partial charge in [0.2, 0.25) is 0 Å². The molecule has 0 aliphatic carbocycles. The Labute approximate surface area is 234 Å². The fourth-order valence-electron chi connectivity index (χ4n) is 4.65. The number of rotatable bonds is 9. The summed E-state index contributed by atoms with van der Waals surface area (Å²) >= 11 is 0. The normalized spacial score (nSPS) is 12.5. The summed E-state index contributed by atoms with van der Waals surface area (Å²) in [4.78, 5) is 0. The van der Waals surface area contributed by atoms with E-state index in [1.807, 2.05) is 0 Å². The number of hydrogen-bond acceptors (Lipinski definition) is 2. The van der Waals surface area contributed by atoms with Crippen molar-refractivity contribution in [2.75, 3.05) is 0 Å². The third-order valence-corrected chi connectivity index (χ3v) is 8.04. The Morgan fingerprint density at radius 3 is 1.34 bits per heavy atom. The topological polar surface area (TPSA) is 18.5 Å². The minimum absolute atomic E-state index is 0.0499. The first-order chi connectivity index (χ1) is 17.6. The quantitative estimate of drug-likeness (QED) is 0.255. The average molecular weight is 533 g/mol. The van der Waals surface area contributed by atoms with Crippen LogP contribution in [0.5, 0.6) is 11.5 Å². The molecule has 0 saturated carbocycles. The monoisotopic (exact) mass is 532 g/mol. The number of hydrogen-bond donors (Lipinski definition) is 0. The summed E-state index contributed by atoms with van der Waals surface area (Å²) in [6, 6.07) is 22.0. The summed E-state index contributed by atoms with van der Waals surface area (Å²) in [5.41, 5.74) is 6.29. The van der Waals surface area contributed by atoms with Crippen molar-refractivity contribution < 1.29 is 9.05 Å². The van der Waals surface area contributed by atoms with E-state index in [1.165, 1.54) is 27.8 Å². The molecule has 3 aromatic rings. The standard InChI is InChI=1S/C35H49O2P/c1-24(2)20-27-14-18-32(30(22-27)34(6,7)8)36-38(29-16-12-26(5)13-17-29)37-33-19-15-28(21-25(3)4)23-31(33)35(9,10)11/h12-19,22-25H,20-21H2,1-11H3. The summed E-state index contributed by atoms with van der Waals surface area (Å²) < 4.78 is 13.7. The van der Waals surface area contributed by atoms with Gasteiger partial charge in [0.1, 0.15) is 11.5 Å². The summed E-state index contributed by atoms with van der Waals surface area (Å²) in [6.07, 6.45) is 2.12. The summed E-state index contributed by atoms with van der Waals surface area (Å²) in [7, 11) is -1.40. The first-order valence-electron chi connectivity index (χ1n) is 14.1. The van der Waals surface area contributed by atoms with E-state index in [4.69, 9.17) is 9.05 Å². The predicted molar refractivity (Wildman–Crippen MR) is 166 cm³/mol. The van der Waals surface area contributed by atoms with Crippen LogP contribution < -0.4 is 14.4 Å². The van der Waals surface area contributed by atoms with Crippen LogP contribution in [-0.2, 0) is 23.7 Å². The van der Waals surface area contributed by atoms with Gasteiger partial charge < -0.3 is 9.05 Å². The molecule has 0 aromatic heterocycles. The van der Waals surface area contributed by atoms with Crippen molar-refractivity contribution in [2.45, 2.75) is 99.8 Å². The van der Waals surface area contributed by atoms with E-state index in [2.05, 4.69) is 137 Å². The van der Waals surface area contributed by atoms with Crippen LogP contribution in [0, 0.1) is 18.8 Å². The lowest BCUT2D eigenvalue weighted by Gasteiger charge is -2.29. The first-order valence-corrected chi connectivity index (χ1v) is 15.3. The van der Waals surface area contributed by atoms with E-state index >= 15 is 0 Å². The molecule has 38 heavy (non-hydrogen) atoms. The second-order valence-electron chi connectivity index (χ2n) is 13.6. The molecule has 0 unspecified atom stereocenters. The van der Waals surface area contributed by atoms with Crippen LogP contribution in [0.4, 0.5) is 0 Å². The van der Waals surface area contributed by atoms with E-state index in [0.29, 0.717) is 11.8 Å². The molecule has 0 fully saturated rings. The average Bonchev–Trinajstić information content (AvgIpc) is 2.79. The highest BCUT2D eigenvalue weighted by molar-refractivity contribution is 7.56. The predicted octanol–water partition coefficient (Wildman–Crippen LogP) is 10.1. The maximum Gasteiger partial charge on any atom is 0.326 e. The van der Waals surface area contributed by atoms with Crippen molar-refractivity contribution in [1.29, 1.82) is 0 Å². The molecule has 0 N–H and O–H groups in total. The summed E-state index contributed by atoms with van der Waals surface area (Å²) in [6.45, 7) is 24.7. The van der Waals surface area contributed by atoms with E-state index in [9.17, 15) is 0 Å². The molecule has 0 atom stereocenters. The lowest BCUT2D eigenvalue weighted by Crippen LogP contribution is -2.18. The molecule has 0 aliphatic heterocycles. The Balaban J connectivity index is 2.07. The fourth-order valence-corrected chi connectivity index (χ4v) is 5.97. The van der Waals surface area contributed by atoms with E-state index in [-0.39, 0.29) is 10.8 Å². The van der Waals surface area contributed by atoms with Crippen molar-refractivity contribution in [3.8, 4) is 11.5 Å². The van der Waals surface area contributed by atoms with Gasteiger partial charge in [-0.15, -0.1) is 0 Å². The Kier molecular flexibility index (Phi) is 9.75. The Bertz CT molecular complexity index is 1120. The molecule has 0 aliphatic rings. The first kappa shape index (κ1) is 30.2. The van der Waals surface area contributed by atoms with Gasteiger partial charge in [-0.25, -0.2) is 0 Å². The minimum atomic E-state index is -1.40. The molecule has 0 radical (unpaired) electrons. The van der Waals surface area contributed by atoms with Crippen molar-refractivity contribution in [3.05, 3.63) is 88.5 Å². The molecule has 0 heterocycles. The second kappa shape index (κ2) is 12.3.